The van der Waals surface area contributed by atoms with E-state index in [-0.39, 0.29) is 23.6 Å². The van der Waals surface area contributed by atoms with Crippen LogP contribution in [0.2, 0.25) is 0 Å². The number of nitrogens with zero attached hydrogens (tertiary/aromatic N) is 1. The molecule has 2 N–H and O–H groups in total. The highest BCUT2D eigenvalue weighted by Crippen LogP contribution is 2.24. The number of halogens is 1. The van der Waals surface area contributed by atoms with Gasteiger partial charge in [0.1, 0.15) is 6.61 Å². The molecular formula is C13H19FN2O3. The molecule has 0 aliphatic rings. The summed E-state index contributed by atoms with van der Waals surface area (Å²) in [6, 6.07) is 2.34. The lowest BCUT2D eigenvalue weighted by molar-refractivity contribution is 0.0527. The van der Waals surface area contributed by atoms with E-state index in [2.05, 4.69) is 0 Å². The highest BCUT2D eigenvalue weighted by molar-refractivity contribution is 5.95. The minimum absolute atomic E-state index is 0.000830. The first-order valence-corrected chi connectivity index (χ1v) is 5.99. The van der Waals surface area contributed by atoms with E-state index in [1.807, 2.05) is 19.0 Å². The molecule has 0 amide bonds. The van der Waals surface area contributed by atoms with Crippen molar-refractivity contribution in [2.45, 2.75) is 6.92 Å². The Balaban J connectivity index is 2.86. The van der Waals surface area contributed by atoms with Crippen molar-refractivity contribution in [2.24, 2.45) is 0 Å². The zero-order valence-corrected chi connectivity index (χ0v) is 11.4. The van der Waals surface area contributed by atoms with E-state index in [0.717, 1.165) is 6.07 Å². The fourth-order valence-electron chi connectivity index (χ4n) is 1.40. The summed E-state index contributed by atoms with van der Waals surface area (Å²) in [4.78, 5) is 13.5. The number of anilines is 1. The van der Waals surface area contributed by atoms with Crippen LogP contribution < -0.4 is 10.5 Å². The number of carbonyl (C=O) groups is 1. The molecule has 0 saturated carbocycles. The molecule has 1 aromatic rings. The maximum absolute atomic E-state index is 13.6. The van der Waals surface area contributed by atoms with Crippen LogP contribution in [0.1, 0.15) is 17.3 Å². The van der Waals surface area contributed by atoms with Crippen molar-refractivity contribution in [2.75, 3.05) is 39.6 Å². The number of carbonyl (C=O) groups excluding carboxylic acids is 1. The molecular weight excluding hydrogens is 251 g/mol. The van der Waals surface area contributed by atoms with Crippen LogP contribution in [0.4, 0.5) is 10.1 Å². The molecule has 1 aromatic carbocycles. The van der Waals surface area contributed by atoms with Gasteiger partial charge in [-0.25, -0.2) is 9.18 Å². The normalized spacial score (nSPS) is 10.6. The summed E-state index contributed by atoms with van der Waals surface area (Å²) in [5, 5.41) is 0. The molecule has 0 unspecified atom stereocenters. The first kappa shape index (κ1) is 15.2. The lowest BCUT2D eigenvalue weighted by Gasteiger charge is -2.13. The van der Waals surface area contributed by atoms with Gasteiger partial charge in [0.2, 0.25) is 0 Å². The maximum atomic E-state index is 13.6. The first-order valence-electron chi connectivity index (χ1n) is 5.99. The Bertz CT molecular complexity index is 450. The Hall–Kier alpha value is -1.82. The van der Waals surface area contributed by atoms with Gasteiger partial charge in [0.15, 0.2) is 11.6 Å². The Labute approximate surface area is 112 Å². The van der Waals surface area contributed by atoms with Crippen LogP contribution in [0.15, 0.2) is 12.1 Å². The fraction of sp³-hybridized carbons (Fsp3) is 0.462. The van der Waals surface area contributed by atoms with Gasteiger partial charge < -0.3 is 20.1 Å². The van der Waals surface area contributed by atoms with Crippen molar-refractivity contribution in [1.82, 2.24) is 4.90 Å². The smallest absolute Gasteiger partial charge is 0.340 e. The molecule has 0 heterocycles. The van der Waals surface area contributed by atoms with E-state index in [0.29, 0.717) is 13.2 Å². The van der Waals surface area contributed by atoms with Gasteiger partial charge >= 0.3 is 5.97 Å². The predicted molar refractivity (Wildman–Crippen MR) is 70.8 cm³/mol. The number of benzene rings is 1. The SMILES string of the molecule is CCOC(=O)c1cc(OCCN(C)C)c(F)cc1N. The van der Waals surface area contributed by atoms with Crippen LogP contribution in [0, 0.1) is 5.82 Å². The molecule has 0 aliphatic carbocycles. The number of nitrogens with two attached hydrogens (primary N) is 1. The van der Waals surface area contributed by atoms with Crippen molar-refractivity contribution in [3.8, 4) is 5.75 Å². The van der Waals surface area contributed by atoms with E-state index in [4.69, 9.17) is 15.2 Å². The highest BCUT2D eigenvalue weighted by Gasteiger charge is 2.16. The fourth-order valence-corrected chi connectivity index (χ4v) is 1.40. The molecule has 19 heavy (non-hydrogen) atoms. The van der Waals surface area contributed by atoms with E-state index >= 15 is 0 Å². The molecule has 0 fully saturated rings. The van der Waals surface area contributed by atoms with Crippen molar-refractivity contribution < 1.29 is 18.7 Å². The van der Waals surface area contributed by atoms with Gasteiger partial charge in [-0.05, 0) is 27.1 Å². The zero-order valence-electron chi connectivity index (χ0n) is 11.4. The molecule has 0 aliphatic heterocycles. The van der Waals surface area contributed by atoms with Crippen molar-refractivity contribution >= 4 is 11.7 Å². The first-order chi connectivity index (χ1) is 8.95. The zero-order chi connectivity index (χ0) is 14.4. The average molecular weight is 270 g/mol. The average Bonchev–Trinajstić information content (AvgIpc) is 2.31. The van der Waals surface area contributed by atoms with Gasteiger partial charge in [0.05, 0.1) is 12.2 Å². The Morgan fingerprint density at radius 1 is 1.42 bits per heavy atom. The second-order valence-electron chi connectivity index (χ2n) is 4.24. The number of nitrogen functional groups attached to an aromatic ring is 1. The number of hydrogen-bond donors (Lipinski definition) is 1. The lowest BCUT2D eigenvalue weighted by Crippen LogP contribution is -2.20. The highest BCUT2D eigenvalue weighted by atomic mass is 19.1. The third kappa shape index (κ3) is 4.40. The Kier molecular flexibility index (Phi) is 5.57. The lowest BCUT2D eigenvalue weighted by atomic mass is 10.1. The maximum Gasteiger partial charge on any atom is 0.340 e. The third-order valence-corrected chi connectivity index (χ3v) is 2.40. The molecule has 106 valence electrons. The molecule has 0 bridgehead atoms. The standard InChI is InChI=1S/C13H19FN2O3/c1-4-18-13(17)9-7-12(10(14)8-11(9)15)19-6-5-16(2)3/h7-8H,4-6,15H2,1-3H3. The molecule has 1 rings (SSSR count). The minimum atomic E-state index is -0.593. The molecule has 6 heteroatoms. The summed E-state index contributed by atoms with van der Waals surface area (Å²) < 4.78 is 23.8. The van der Waals surface area contributed by atoms with Gasteiger partial charge in [0.25, 0.3) is 0 Å². The summed E-state index contributed by atoms with van der Waals surface area (Å²) in [5.41, 5.74) is 5.75. The van der Waals surface area contributed by atoms with Gasteiger partial charge in [-0.2, -0.15) is 0 Å². The van der Waals surface area contributed by atoms with E-state index in [1.54, 1.807) is 6.92 Å². The number of hydrogen-bond acceptors (Lipinski definition) is 5. The summed E-state index contributed by atoms with van der Waals surface area (Å²) in [7, 11) is 3.76. The predicted octanol–water partition coefficient (Wildman–Crippen LogP) is 1.52. The summed E-state index contributed by atoms with van der Waals surface area (Å²) in [6.07, 6.45) is 0. The third-order valence-electron chi connectivity index (χ3n) is 2.40. The molecule has 0 spiro atoms. The summed E-state index contributed by atoms with van der Waals surface area (Å²) in [6.45, 7) is 2.87. The largest absolute Gasteiger partial charge is 0.489 e. The molecule has 0 atom stereocenters. The second kappa shape index (κ2) is 6.94. The number of likely N-dealkylation sites (N-methyl/N-ethyl adjacent to an activating group) is 1. The van der Waals surface area contributed by atoms with Crippen molar-refractivity contribution in [1.29, 1.82) is 0 Å². The van der Waals surface area contributed by atoms with Gasteiger partial charge in [0, 0.05) is 18.3 Å². The molecule has 0 aromatic heterocycles. The van der Waals surface area contributed by atoms with E-state index < -0.39 is 11.8 Å². The minimum Gasteiger partial charge on any atom is -0.489 e. The van der Waals surface area contributed by atoms with Gasteiger partial charge in [-0.15, -0.1) is 0 Å². The van der Waals surface area contributed by atoms with E-state index in [9.17, 15) is 9.18 Å². The van der Waals surface area contributed by atoms with Crippen molar-refractivity contribution in [3.05, 3.63) is 23.5 Å². The number of esters is 1. The van der Waals surface area contributed by atoms with Gasteiger partial charge in [-0.1, -0.05) is 0 Å². The molecule has 0 saturated heterocycles. The summed E-state index contributed by atoms with van der Waals surface area (Å²) >= 11 is 0. The number of ether oxygens (including phenoxy) is 2. The van der Waals surface area contributed by atoms with Crippen LogP contribution >= 0.6 is 0 Å². The van der Waals surface area contributed by atoms with E-state index in [1.165, 1.54) is 6.07 Å². The number of rotatable bonds is 6. The quantitative estimate of drug-likeness (QED) is 0.627. The van der Waals surface area contributed by atoms with Crippen molar-refractivity contribution in [3.63, 3.8) is 0 Å². The Morgan fingerprint density at radius 2 is 2.11 bits per heavy atom. The van der Waals surface area contributed by atoms with Crippen LogP contribution in [0.3, 0.4) is 0 Å². The van der Waals surface area contributed by atoms with Crippen LogP contribution in [-0.2, 0) is 4.74 Å². The topological polar surface area (TPSA) is 64.8 Å². The monoisotopic (exact) mass is 270 g/mol. The second-order valence-corrected chi connectivity index (χ2v) is 4.24. The van der Waals surface area contributed by atoms with Crippen LogP contribution in [0.5, 0.6) is 5.75 Å². The molecule has 0 radical (unpaired) electrons. The Morgan fingerprint density at radius 3 is 2.68 bits per heavy atom. The molecule has 5 nitrogen and oxygen atoms in total. The summed E-state index contributed by atoms with van der Waals surface area (Å²) in [5.74, 6) is -1.18. The van der Waals surface area contributed by atoms with Crippen LogP contribution in [-0.4, -0.2) is 44.7 Å². The van der Waals surface area contributed by atoms with Crippen LogP contribution in [0.25, 0.3) is 0 Å². The van der Waals surface area contributed by atoms with Gasteiger partial charge in [-0.3, -0.25) is 0 Å².